The summed E-state index contributed by atoms with van der Waals surface area (Å²) in [5.74, 6) is -1.22. The summed E-state index contributed by atoms with van der Waals surface area (Å²) in [6.07, 6.45) is 0.458. The average molecular weight is 640 g/mol. The number of carbonyl (C=O) groups excluding carboxylic acids is 2. The summed E-state index contributed by atoms with van der Waals surface area (Å²) in [6.45, 7) is 0. The lowest BCUT2D eigenvalue weighted by Crippen LogP contribution is -2.44. The highest BCUT2D eigenvalue weighted by molar-refractivity contribution is 7.22. The van der Waals surface area contributed by atoms with Gasteiger partial charge in [-0.3, -0.25) is 9.59 Å². The Morgan fingerprint density at radius 3 is 2.51 bits per heavy atom. The van der Waals surface area contributed by atoms with E-state index in [1.165, 1.54) is 56.0 Å². The molecule has 4 aromatic rings. The summed E-state index contributed by atoms with van der Waals surface area (Å²) < 4.78 is 47.2. The van der Waals surface area contributed by atoms with Gasteiger partial charge in [0.15, 0.2) is 16.6 Å². The number of aliphatic hydroxyl groups is 1. The summed E-state index contributed by atoms with van der Waals surface area (Å²) in [6, 6.07) is 8.99. The van der Waals surface area contributed by atoms with Crippen molar-refractivity contribution in [3.05, 3.63) is 53.7 Å². The molecule has 12 nitrogen and oxygen atoms in total. The largest absolute Gasteiger partial charge is 0.586 e. The van der Waals surface area contributed by atoms with Crippen LogP contribution in [0.4, 0.5) is 25.3 Å². The first-order chi connectivity index (χ1) is 21.6. The Kier molecular flexibility index (Phi) is 7.08. The smallest absolute Gasteiger partial charge is 0.496 e. The normalized spacial score (nSPS) is 21.1. The van der Waals surface area contributed by atoms with Crippen LogP contribution in [-0.2, 0) is 0 Å². The highest BCUT2D eigenvalue weighted by Crippen LogP contribution is 2.45. The lowest BCUT2D eigenvalue weighted by atomic mass is 10.0. The van der Waals surface area contributed by atoms with E-state index in [4.69, 9.17) is 14.5 Å². The number of amides is 2. The van der Waals surface area contributed by atoms with Crippen LogP contribution in [0.25, 0.3) is 10.2 Å². The number of nitrogens with one attached hydrogen (secondary N) is 2. The first-order valence-electron chi connectivity index (χ1n) is 14.1. The molecule has 0 saturated carbocycles. The second kappa shape index (κ2) is 11.0. The molecule has 7 rings (SSSR count). The predicted molar refractivity (Wildman–Crippen MR) is 160 cm³/mol. The molecular formula is C30H27F2N5O7S. The van der Waals surface area contributed by atoms with Crippen LogP contribution >= 0.6 is 11.3 Å². The van der Waals surface area contributed by atoms with Crippen LogP contribution in [0.1, 0.15) is 46.4 Å². The number of hydrogen-bond acceptors (Lipinski definition) is 11. The Morgan fingerprint density at radius 2 is 1.78 bits per heavy atom. The zero-order valence-electron chi connectivity index (χ0n) is 24.0. The van der Waals surface area contributed by atoms with Crippen molar-refractivity contribution in [1.82, 2.24) is 9.97 Å². The number of rotatable bonds is 7. The van der Waals surface area contributed by atoms with Gasteiger partial charge in [0, 0.05) is 29.9 Å². The number of aliphatic hydroxyl groups excluding tert-OH is 1. The summed E-state index contributed by atoms with van der Waals surface area (Å²) in [7, 11) is 2.84. The third kappa shape index (κ3) is 5.31. The zero-order valence-corrected chi connectivity index (χ0v) is 24.8. The number of aromatic nitrogens is 2. The van der Waals surface area contributed by atoms with Gasteiger partial charge in [-0.25, -0.2) is 9.97 Å². The molecule has 1 unspecified atom stereocenters. The van der Waals surface area contributed by atoms with Crippen LogP contribution in [0.2, 0.25) is 0 Å². The van der Waals surface area contributed by atoms with E-state index in [9.17, 15) is 23.5 Å². The molecule has 2 fully saturated rings. The Bertz CT molecular complexity index is 1820. The van der Waals surface area contributed by atoms with Crippen molar-refractivity contribution < 1.29 is 42.4 Å². The molecule has 45 heavy (non-hydrogen) atoms. The zero-order chi connectivity index (χ0) is 31.5. The molecule has 0 radical (unpaired) electrons. The van der Waals surface area contributed by atoms with Gasteiger partial charge < -0.3 is 39.6 Å². The minimum atomic E-state index is -3.81. The van der Waals surface area contributed by atoms with Gasteiger partial charge in [0.05, 0.1) is 48.0 Å². The van der Waals surface area contributed by atoms with E-state index in [0.29, 0.717) is 28.8 Å². The van der Waals surface area contributed by atoms with Gasteiger partial charge in [-0.05, 0) is 49.9 Å². The van der Waals surface area contributed by atoms with E-state index in [2.05, 4.69) is 30.0 Å². The van der Waals surface area contributed by atoms with Gasteiger partial charge in [0.25, 0.3) is 11.8 Å². The van der Waals surface area contributed by atoms with Crippen molar-refractivity contribution in [1.29, 1.82) is 0 Å². The van der Waals surface area contributed by atoms with Crippen LogP contribution < -0.4 is 34.5 Å². The van der Waals surface area contributed by atoms with Crippen LogP contribution in [-0.4, -0.2) is 65.6 Å². The first kappa shape index (κ1) is 29.0. The minimum absolute atomic E-state index is 0.00205. The number of carbonyl (C=O) groups is 2. The second-order valence-corrected chi connectivity index (χ2v) is 11.9. The Balaban J connectivity index is 1.19. The number of nitrogens with zero attached hydrogens (tertiary/aromatic N) is 3. The molecule has 2 saturated heterocycles. The van der Waals surface area contributed by atoms with Crippen molar-refractivity contribution >= 4 is 49.9 Å². The summed E-state index contributed by atoms with van der Waals surface area (Å²) in [5.41, 5.74) is 1.07. The Hall–Kier alpha value is -4.76. The number of pyridine rings is 1. The van der Waals surface area contributed by atoms with Gasteiger partial charge in [-0.1, -0.05) is 11.3 Å². The Labute approximate surface area is 258 Å². The number of piperidine rings is 1. The quantitative estimate of drug-likeness (QED) is 0.252. The molecule has 0 spiro atoms. The predicted octanol–water partition coefficient (Wildman–Crippen LogP) is 5.03. The molecule has 234 valence electrons. The number of anilines is 3. The van der Waals surface area contributed by atoms with E-state index < -0.39 is 18.1 Å². The standard InChI is InChI=1S/C30H27F2N5O7S/c1-41-22-8-6-19-26(45-29(36-19)37-15-4-5-16(37)11-17(38)10-15)25(22)28(40)35-20-13-33-24(42-2)12-18(20)27(39)34-14-3-7-21-23(9-14)44-30(31,32)43-21/h3,6-9,12-13,15-17,38H,4-5,10-11H2,1-2H3,(H,34,39)(H,35,40)/t15-,16+,17?. The summed E-state index contributed by atoms with van der Waals surface area (Å²) >= 11 is 1.38. The van der Waals surface area contributed by atoms with E-state index in [1.54, 1.807) is 12.1 Å². The molecule has 2 amide bonds. The summed E-state index contributed by atoms with van der Waals surface area (Å²) in [4.78, 5) is 38.6. The second-order valence-electron chi connectivity index (χ2n) is 10.9. The van der Waals surface area contributed by atoms with E-state index in [1.807, 2.05) is 0 Å². The van der Waals surface area contributed by atoms with E-state index >= 15 is 0 Å². The fourth-order valence-corrected chi connectivity index (χ4v) is 7.41. The molecule has 5 heterocycles. The third-order valence-electron chi connectivity index (χ3n) is 8.12. The molecule has 3 atom stereocenters. The SMILES string of the molecule is COc1cc(C(=O)Nc2ccc3c(c2)OC(F)(F)O3)c(NC(=O)c2c(OC)ccc3nc(N4[C@@H]5CC[C@H]4CC(O)C5)sc23)cn1. The minimum Gasteiger partial charge on any atom is -0.496 e. The maximum atomic E-state index is 13.9. The first-order valence-corrected chi connectivity index (χ1v) is 14.9. The maximum Gasteiger partial charge on any atom is 0.586 e. The molecule has 3 aliphatic heterocycles. The molecule has 0 aliphatic carbocycles. The average Bonchev–Trinajstić information content (AvgIpc) is 3.65. The number of ether oxygens (including phenoxy) is 4. The number of alkyl halides is 2. The number of benzene rings is 2. The van der Waals surface area contributed by atoms with Gasteiger partial charge in [0.1, 0.15) is 11.3 Å². The molecule has 3 aliphatic rings. The maximum absolute atomic E-state index is 13.9. The highest BCUT2D eigenvalue weighted by Gasteiger charge is 2.44. The molecule has 2 aromatic heterocycles. The molecular weight excluding hydrogens is 612 g/mol. The van der Waals surface area contributed by atoms with Crippen LogP contribution in [0.3, 0.4) is 0 Å². The van der Waals surface area contributed by atoms with Crippen molar-refractivity contribution in [3.63, 3.8) is 0 Å². The molecule has 2 bridgehead atoms. The molecule has 2 aromatic carbocycles. The van der Waals surface area contributed by atoms with Gasteiger partial charge in [-0.15, -0.1) is 8.78 Å². The van der Waals surface area contributed by atoms with Crippen LogP contribution in [0, 0.1) is 0 Å². The van der Waals surface area contributed by atoms with Gasteiger partial charge in [0.2, 0.25) is 5.88 Å². The van der Waals surface area contributed by atoms with Crippen LogP contribution in [0.5, 0.6) is 23.1 Å². The highest BCUT2D eigenvalue weighted by atomic mass is 32.1. The van der Waals surface area contributed by atoms with Crippen molar-refractivity contribution in [2.75, 3.05) is 29.8 Å². The van der Waals surface area contributed by atoms with Crippen molar-refractivity contribution in [2.45, 2.75) is 50.2 Å². The van der Waals surface area contributed by atoms with Gasteiger partial charge >= 0.3 is 6.29 Å². The van der Waals surface area contributed by atoms with E-state index in [0.717, 1.165) is 18.0 Å². The Morgan fingerprint density at radius 1 is 1.02 bits per heavy atom. The number of fused-ring (bicyclic) bond motifs is 4. The topological polar surface area (TPSA) is 144 Å². The lowest BCUT2D eigenvalue weighted by Gasteiger charge is -2.36. The van der Waals surface area contributed by atoms with Crippen LogP contribution in [0.15, 0.2) is 42.6 Å². The fraction of sp³-hybridized carbons (Fsp3) is 0.333. The molecule has 3 N–H and O–H groups in total. The number of methoxy groups -OCH3 is 2. The third-order valence-corrected chi connectivity index (χ3v) is 9.23. The van der Waals surface area contributed by atoms with Gasteiger partial charge in [-0.2, -0.15) is 0 Å². The summed E-state index contributed by atoms with van der Waals surface area (Å²) in [5, 5.41) is 16.4. The van der Waals surface area contributed by atoms with E-state index in [-0.39, 0.29) is 58.1 Å². The number of halogens is 2. The van der Waals surface area contributed by atoms with Crippen molar-refractivity contribution in [2.24, 2.45) is 0 Å². The fourth-order valence-electron chi connectivity index (χ4n) is 6.16. The lowest BCUT2D eigenvalue weighted by molar-refractivity contribution is -0.286. The monoisotopic (exact) mass is 639 g/mol. The molecule has 15 heteroatoms. The number of hydrogen-bond donors (Lipinski definition) is 3. The van der Waals surface area contributed by atoms with Crippen molar-refractivity contribution in [3.8, 4) is 23.1 Å². The number of thiazole rings is 1.